The smallest absolute Gasteiger partial charge is 0.243 e. The van der Waals surface area contributed by atoms with Gasteiger partial charge in [-0.15, -0.1) is 0 Å². The zero-order chi connectivity index (χ0) is 14.3. The second-order valence-corrected chi connectivity index (χ2v) is 6.77. The van der Waals surface area contributed by atoms with Crippen LogP contribution in [0.15, 0.2) is 23.1 Å². The molecular weight excluding hydrogens is 276 g/mol. The highest BCUT2D eigenvalue weighted by Gasteiger charge is 2.40. The van der Waals surface area contributed by atoms with Crippen LogP contribution in [0.25, 0.3) is 0 Å². The van der Waals surface area contributed by atoms with Crippen molar-refractivity contribution in [3.63, 3.8) is 0 Å². The number of halogens is 2. The molecule has 0 radical (unpaired) electrons. The Morgan fingerprint density at radius 2 is 2.05 bits per heavy atom. The van der Waals surface area contributed by atoms with E-state index in [1.807, 2.05) is 0 Å². The van der Waals surface area contributed by atoms with Crippen molar-refractivity contribution in [2.75, 3.05) is 6.54 Å². The third-order valence-corrected chi connectivity index (χ3v) is 4.68. The third-order valence-electron chi connectivity index (χ3n) is 3.26. The van der Waals surface area contributed by atoms with Gasteiger partial charge >= 0.3 is 0 Å². The molecule has 106 valence electrons. The van der Waals surface area contributed by atoms with Crippen molar-refractivity contribution in [1.29, 1.82) is 0 Å². The number of nitrogens with one attached hydrogen (secondary N) is 1. The normalized spacial score (nSPS) is 19.2. The maximum absolute atomic E-state index is 13.4. The van der Waals surface area contributed by atoms with Gasteiger partial charge in [0.25, 0.3) is 0 Å². The molecule has 4 nitrogen and oxygen atoms in total. The summed E-state index contributed by atoms with van der Waals surface area (Å²) in [6.45, 7) is 1.30. The van der Waals surface area contributed by atoms with Gasteiger partial charge in [-0.2, -0.15) is 0 Å². The first-order valence-corrected chi connectivity index (χ1v) is 7.38. The van der Waals surface area contributed by atoms with E-state index in [2.05, 4.69) is 4.72 Å². The Bertz CT molecular complexity index is 583. The molecule has 1 atom stereocenters. The average molecular weight is 291 g/mol. The zero-order valence-electron chi connectivity index (χ0n) is 10.4. The number of hydrogen-bond donors (Lipinski definition) is 2. The molecule has 1 saturated carbocycles. The van der Waals surface area contributed by atoms with Crippen LogP contribution in [0.4, 0.5) is 8.78 Å². The van der Waals surface area contributed by atoms with Crippen LogP contribution >= 0.6 is 0 Å². The lowest BCUT2D eigenvalue weighted by atomic mass is 10.0. The molecule has 19 heavy (non-hydrogen) atoms. The summed E-state index contributed by atoms with van der Waals surface area (Å²) in [4.78, 5) is -0.751. The van der Waals surface area contributed by atoms with Crippen LogP contribution in [0, 0.1) is 17.6 Å². The first-order chi connectivity index (χ1) is 8.72. The quantitative estimate of drug-likeness (QED) is 0.862. The van der Waals surface area contributed by atoms with Gasteiger partial charge in [-0.1, -0.05) is 0 Å². The third kappa shape index (κ3) is 3.29. The lowest BCUT2D eigenvalue weighted by Crippen LogP contribution is -2.42. The van der Waals surface area contributed by atoms with Crippen LogP contribution in [0.1, 0.15) is 19.8 Å². The number of benzene rings is 1. The number of aliphatic hydroxyl groups is 1. The molecule has 0 saturated heterocycles. The van der Waals surface area contributed by atoms with Crippen molar-refractivity contribution in [3.8, 4) is 0 Å². The lowest BCUT2D eigenvalue weighted by Gasteiger charge is -2.23. The fraction of sp³-hybridized carbons (Fsp3) is 0.500. The molecule has 1 aliphatic carbocycles. The lowest BCUT2D eigenvalue weighted by molar-refractivity contribution is 0.0422. The molecule has 0 heterocycles. The Morgan fingerprint density at radius 3 is 2.63 bits per heavy atom. The van der Waals surface area contributed by atoms with E-state index in [0.29, 0.717) is 6.07 Å². The fourth-order valence-corrected chi connectivity index (χ4v) is 3.08. The summed E-state index contributed by atoms with van der Waals surface area (Å²) in [5, 5.41) is 9.99. The summed E-state index contributed by atoms with van der Waals surface area (Å²) >= 11 is 0. The summed E-state index contributed by atoms with van der Waals surface area (Å²) < 4.78 is 52.2. The van der Waals surface area contributed by atoms with Gasteiger partial charge < -0.3 is 5.11 Å². The Labute approximate surface area is 110 Å². The van der Waals surface area contributed by atoms with Crippen molar-refractivity contribution >= 4 is 10.0 Å². The van der Waals surface area contributed by atoms with Gasteiger partial charge in [0, 0.05) is 6.54 Å². The molecule has 1 aromatic rings. The van der Waals surface area contributed by atoms with E-state index in [9.17, 15) is 22.3 Å². The van der Waals surface area contributed by atoms with E-state index in [1.54, 1.807) is 0 Å². The summed E-state index contributed by atoms with van der Waals surface area (Å²) in [6.07, 6.45) is 1.67. The van der Waals surface area contributed by atoms with Crippen molar-refractivity contribution in [1.82, 2.24) is 4.72 Å². The molecule has 2 N–H and O–H groups in total. The van der Waals surface area contributed by atoms with Crippen LogP contribution in [-0.4, -0.2) is 25.7 Å². The van der Waals surface area contributed by atoms with E-state index in [0.717, 1.165) is 25.0 Å². The highest BCUT2D eigenvalue weighted by molar-refractivity contribution is 7.89. The largest absolute Gasteiger partial charge is 0.389 e. The minimum atomic E-state index is -4.18. The first-order valence-electron chi connectivity index (χ1n) is 5.89. The van der Waals surface area contributed by atoms with Gasteiger partial charge in [-0.25, -0.2) is 21.9 Å². The van der Waals surface area contributed by atoms with E-state index in [4.69, 9.17) is 0 Å². The molecule has 0 bridgehead atoms. The molecule has 7 heteroatoms. The number of hydrogen-bond acceptors (Lipinski definition) is 3. The highest BCUT2D eigenvalue weighted by atomic mass is 32.2. The van der Waals surface area contributed by atoms with Gasteiger partial charge in [-0.05, 0) is 43.9 Å². The van der Waals surface area contributed by atoms with E-state index in [1.165, 1.54) is 6.92 Å². The van der Waals surface area contributed by atoms with Gasteiger partial charge in [0.2, 0.25) is 10.0 Å². The van der Waals surface area contributed by atoms with Crippen LogP contribution in [0.2, 0.25) is 0 Å². The summed E-state index contributed by atoms with van der Waals surface area (Å²) in [5.74, 6) is -1.82. The summed E-state index contributed by atoms with van der Waals surface area (Å²) in [7, 11) is -4.18. The Hall–Kier alpha value is -1.05. The Kier molecular flexibility index (Phi) is 3.63. The van der Waals surface area contributed by atoms with Gasteiger partial charge in [-0.3, -0.25) is 0 Å². The maximum atomic E-state index is 13.4. The van der Waals surface area contributed by atoms with Crippen molar-refractivity contribution < 1.29 is 22.3 Å². The fourth-order valence-electron chi connectivity index (χ4n) is 1.85. The molecule has 0 amide bonds. The molecule has 0 spiro atoms. The molecule has 2 rings (SSSR count). The molecular formula is C12H15F2NO3S. The van der Waals surface area contributed by atoms with Crippen molar-refractivity contribution in [2.24, 2.45) is 5.92 Å². The van der Waals surface area contributed by atoms with E-state index >= 15 is 0 Å². The van der Waals surface area contributed by atoms with Crippen LogP contribution in [-0.2, 0) is 10.0 Å². The molecule has 0 aliphatic heterocycles. The van der Waals surface area contributed by atoms with Gasteiger partial charge in [0.1, 0.15) is 16.5 Å². The van der Waals surface area contributed by atoms with E-state index < -0.39 is 32.2 Å². The van der Waals surface area contributed by atoms with Crippen molar-refractivity contribution in [3.05, 3.63) is 29.8 Å². The molecule has 1 fully saturated rings. The Morgan fingerprint density at radius 1 is 1.42 bits per heavy atom. The maximum Gasteiger partial charge on any atom is 0.243 e. The number of sulfonamides is 1. The summed E-state index contributed by atoms with van der Waals surface area (Å²) in [5.41, 5.74) is -1.17. The molecule has 1 unspecified atom stereocenters. The zero-order valence-corrected chi connectivity index (χ0v) is 11.2. The van der Waals surface area contributed by atoms with Crippen LogP contribution in [0.3, 0.4) is 0 Å². The minimum absolute atomic E-state index is 0.0487. The van der Waals surface area contributed by atoms with E-state index in [-0.39, 0.29) is 12.5 Å². The highest BCUT2D eigenvalue weighted by Crippen LogP contribution is 2.39. The molecule has 1 aliphatic rings. The second-order valence-electron chi connectivity index (χ2n) is 5.03. The second kappa shape index (κ2) is 4.81. The van der Waals surface area contributed by atoms with Crippen molar-refractivity contribution in [2.45, 2.75) is 30.3 Å². The predicted molar refractivity (Wildman–Crippen MR) is 64.9 cm³/mol. The molecule has 0 aromatic heterocycles. The summed E-state index contributed by atoms with van der Waals surface area (Å²) in [6, 6.07) is 2.21. The predicted octanol–water partition coefficient (Wildman–Crippen LogP) is 1.40. The molecule has 1 aromatic carbocycles. The van der Waals surface area contributed by atoms with Gasteiger partial charge in [0.05, 0.1) is 5.60 Å². The van der Waals surface area contributed by atoms with Gasteiger partial charge in [0.15, 0.2) is 0 Å². The van der Waals surface area contributed by atoms with Crippen LogP contribution in [0.5, 0.6) is 0 Å². The topological polar surface area (TPSA) is 66.4 Å². The first kappa shape index (κ1) is 14.4. The number of rotatable bonds is 5. The Balaban J connectivity index is 2.16. The van der Waals surface area contributed by atoms with Crippen LogP contribution < -0.4 is 4.72 Å². The average Bonchev–Trinajstić information content (AvgIpc) is 3.14. The monoisotopic (exact) mass is 291 g/mol. The SMILES string of the molecule is CC(O)(CNS(=O)(=O)c1cc(F)ccc1F)C1CC1. The standard InChI is InChI=1S/C12H15F2NO3S/c1-12(16,8-2-3-8)7-15-19(17,18)11-6-9(13)4-5-10(11)14/h4-6,8,15-16H,2-3,7H2,1H3. The minimum Gasteiger partial charge on any atom is -0.389 e.